The van der Waals surface area contributed by atoms with Crippen LogP contribution in [0, 0.1) is 23.7 Å². The quantitative estimate of drug-likeness (QED) is 0.498. The van der Waals surface area contributed by atoms with Gasteiger partial charge in [0.2, 0.25) is 0 Å². The van der Waals surface area contributed by atoms with E-state index < -0.39 is 0 Å². The highest BCUT2D eigenvalue weighted by Gasteiger charge is 2.62. The van der Waals surface area contributed by atoms with Gasteiger partial charge in [-0.1, -0.05) is 12.2 Å². The Morgan fingerprint density at radius 2 is 1.93 bits per heavy atom. The molecule has 0 spiro atoms. The molecule has 0 bridgehead atoms. The highest BCUT2D eigenvalue weighted by molar-refractivity contribution is 7.96. The molecule has 0 heterocycles. The summed E-state index contributed by atoms with van der Waals surface area (Å²) in [6.45, 7) is 0. The van der Waals surface area contributed by atoms with Crippen molar-refractivity contribution in [3.63, 3.8) is 0 Å². The zero-order valence-electron chi connectivity index (χ0n) is 8.94. The van der Waals surface area contributed by atoms with Crippen molar-refractivity contribution in [3.05, 3.63) is 24.0 Å². The molecule has 5 unspecified atom stereocenters. The molecule has 3 aliphatic rings. The van der Waals surface area contributed by atoms with E-state index in [1.807, 2.05) is 7.11 Å². The van der Waals surface area contributed by atoms with Crippen molar-refractivity contribution in [1.29, 1.82) is 0 Å². The van der Waals surface area contributed by atoms with Crippen LogP contribution in [0.2, 0.25) is 0 Å². The van der Waals surface area contributed by atoms with Crippen LogP contribution in [0.15, 0.2) is 24.0 Å². The van der Waals surface area contributed by atoms with Crippen molar-refractivity contribution in [1.82, 2.24) is 0 Å². The fraction of sp³-hybridized carbons (Fsp3) is 0.667. The van der Waals surface area contributed by atoms with Crippen molar-refractivity contribution < 1.29 is 4.74 Å². The molecular formula is C12H17OS+. The molecule has 0 aromatic carbocycles. The summed E-state index contributed by atoms with van der Waals surface area (Å²) in [7, 11) is 2.32. The molecule has 3 rings (SSSR count). The van der Waals surface area contributed by atoms with Crippen LogP contribution in [-0.4, -0.2) is 24.9 Å². The molecule has 3 aliphatic carbocycles. The molecular weight excluding hydrogens is 192 g/mol. The monoisotopic (exact) mass is 209 g/mol. The number of hydrogen-bond donors (Lipinski definition) is 0. The Morgan fingerprint density at radius 1 is 1.21 bits per heavy atom. The molecule has 1 nitrogen and oxygen atoms in total. The first-order chi connectivity index (χ1) is 6.74. The van der Waals surface area contributed by atoms with E-state index in [4.69, 9.17) is 4.74 Å². The zero-order valence-corrected chi connectivity index (χ0v) is 9.75. The van der Waals surface area contributed by atoms with Gasteiger partial charge in [0.1, 0.15) is 11.0 Å². The van der Waals surface area contributed by atoms with Gasteiger partial charge in [0, 0.05) is 17.9 Å². The third kappa shape index (κ3) is 0.881. The Kier molecular flexibility index (Phi) is 1.79. The van der Waals surface area contributed by atoms with Gasteiger partial charge in [-0.25, -0.2) is 0 Å². The summed E-state index contributed by atoms with van der Waals surface area (Å²) in [6, 6.07) is 0. The van der Waals surface area contributed by atoms with Crippen LogP contribution in [-0.2, 0) is 15.6 Å². The number of methoxy groups -OCH3 is 1. The minimum atomic E-state index is 0.495. The van der Waals surface area contributed by atoms with Crippen LogP contribution in [0.4, 0.5) is 0 Å². The first-order valence-electron chi connectivity index (χ1n) is 5.24. The summed E-state index contributed by atoms with van der Waals surface area (Å²) in [5.74, 6) is 4.57. The van der Waals surface area contributed by atoms with Crippen molar-refractivity contribution in [2.75, 3.05) is 19.6 Å². The molecule has 0 aromatic heterocycles. The number of hydrogen-bond acceptors (Lipinski definition) is 1. The molecule has 5 atom stereocenters. The fourth-order valence-corrected chi connectivity index (χ4v) is 4.69. The number of allylic oxidation sites excluding steroid dienone is 3. The van der Waals surface area contributed by atoms with E-state index >= 15 is 0 Å². The molecule has 1 saturated carbocycles. The number of rotatable bonds is 2. The van der Waals surface area contributed by atoms with E-state index in [1.54, 1.807) is 0 Å². The van der Waals surface area contributed by atoms with E-state index in [0.29, 0.717) is 10.9 Å². The van der Waals surface area contributed by atoms with Crippen molar-refractivity contribution in [2.45, 2.75) is 5.25 Å². The highest BCUT2D eigenvalue weighted by Crippen LogP contribution is 2.61. The normalized spacial score (nSPS) is 47.7. The fourth-order valence-electron chi connectivity index (χ4n) is 3.30. The summed E-state index contributed by atoms with van der Waals surface area (Å²) >= 11 is 0. The minimum Gasteiger partial charge on any atom is -0.501 e. The molecule has 1 fully saturated rings. The molecule has 0 amide bonds. The van der Waals surface area contributed by atoms with Crippen LogP contribution in [0.5, 0.6) is 0 Å². The van der Waals surface area contributed by atoms with Crippen LogP contribution in [0.25, 0.3) is 0 Å². The first kappa shape index (κ1) is 8.90. The van der Waals surface area contributed by atoms with Gasteiger partial charge >= 0.3 is 0 Å². The number of fused-ring (bicyclic) bond motifs is 4. The number of ether oxygens (including phenoxy) is 1. The molecule has 0 aromatic rings. The Hall–Kier alpha value is -0.370. The Balaban J connectivity index is 1.89. The van der Waals surface area contributed by atoms with Crippen molar-refractivity contribution >= 4 is 10.9 Å². The molecule has 0 aliphatic heterocycles. The van der Waals surface area contributed by atoms with Gasteiger partial charge in [-0.3, -0.25) is 0 Å². The zero-order chi connectivity index (χ0) is 9.87. The van der Waals surface area contributed by atoms with E-state index in [9.17, 15) is 0 Å². The second kappa shape index (κ2) is 2.82. The Labute approximate surface area is 88.6 Å². The topological polar surface area (TPSA) is 9.23 Å². The molecule has 0 radical (unpaired) electrons. The first-order valence-corrected chi connectivity index (χ1v) is 7.35. The molecule has 0 N–H and O–H groups in total. The predicted molar refractivity (Wildman–Crippen MR) is 61.2 cm³/mol. The van der Waals surface area contributed by atoms with E-state index in [1.165, 1.54) is 5.76 Å². The lowest BCUT2D eigenvalue weighted by Crippen LogP contribution is -2.52. The van der Waals surface area contributed by atoms with E-state index in [-0.39, 0.29) is 0 Å². The third-order valence-electron chi connectivity index (χ3n) is 4.09. The van der Waals surface area contributed by atoms with Crippen LogP contribution >= 0.6 is 0 Å². The van der Waals surface area contributed by atoms with Crippen LogP contribution in [0.3, 0.4) is 0 Å². The SMILES string of the molecule is COC1=CC([S+](C)C)C2C3C=CC3C12. The maximum Gasteiger partial charge on any atom is 0.143 e. The summed E-state index contributed by atoms with van der Waals surface area (Å²) in [6.07, 6.45) is 11.9. The van der Waals surface area contributed by atoms with Gasteiger partial charge in [0.15, 0.2) is 0 Å². The average molecular weight is 209 g/mol. The van der Waals surface area contributed by atoms with Crippen molar-refractivity contribution in [2.24, 2.45) is 23.7 Å². The van der Waals surface area contributed by atoms with Gasteiger partial charge in [0.05, 0.1) is 19.6 Å². The average Bonchev–Trinajstić information content (AvgIpc) is 2.42. The Bertz CT molecular complexity index is 318. The molecule has 76 valence electrons. The lowest BCUT2D eigenvalue weighted by atomic mass is 9.52. The van der Waals surface area contributed by atoms with E-state index in [2.05, 4.69) is 30.7 Å². The minimum absolute atomic E-state index is 0.495. The van der Waals surface area contributed by atoms with Crippen LogP contribution in [0.1, 0.15) is 0 Å². The highest BCUT2D eigenvalue weighted by atomic mass is 32.2. The summed E-state index contributed by atoms with van der Waals surface area (Å²) in [5, 5.41) is 0.779. The second-order valence-corrected chi connectivity index (χ2v) is 7.06. The third-order valence-corrected chi connectivity index (χ3v) is 5.63. The summed E-state index contributed by atoms with van der Waals surface area (Å²) in [5.41, 5.74) is 0. The standard InChI is InChI=1S/C12H17OS/c1-13-9-6-10(14(2)3)12-8-5-4-7(8)11(9)12/h4-8,10-12H,1-3H3/q+1. The summed E-state index contributed by atoms with van der Waals surface area (Å²) < 4.78 is 5.51. The lowest BCUT2D eigenvalue weighted by Gasteiger charge is -2.52. The largest absolute Gasteiger partial charge is 0.501 e. The van der Waals surface area contributed by atoms with Gasteiger partial charge in [-0.2, -0.15) is 0 Å². The maximum absolute atomic E-state index is 5.51. The Morgan fingerprint density at radius 3 is 2.43 bits per heavy atom. The molecule has 14 heavy (non-hydrogen) atoms. The van der Waals surface area contributed by atoms with Gasteiger partial charge in [-0.05, 0) is 22.7 Å². The molecule has 0 saturated heterocycles. The van der Waals surface area contributed by atoms with Crippen molar-refractivity contribution in [3.8, 4) is 0 Å². The molecule has 2 heteroatoms. The maximum atomic E-state index is 5.51. The summed E-state index contributed by atoms with van der Waals surface area (Å²) in [4.78, 5) is 0. The van der Waals surface area contributed by atoms with Crippen LogP contribution < -0.4 is 0 Å². The predicted octanol–water partition coefficient (Wildman–Crippen LogP) is 1.82. The van der Waals surface area contributed by atoms with Gasteiger partial charge in [0.25, 0.3) is 0 Å². The van der Waals surface area contributed by atoms with E-state index in [0.717, 1.165) is 28.9 Å². The smallest absolute Gasteiger partial charge is 0.143 e. The van der Waals surface area contributed by atoms with Gasteiger partial charge in [-0.15, -0.1) is 0 Å². The second-order valence-electron chi connectivity index (χ2n) is 4.76. The lowest BCUT2D eigenvalue weighted by molar-refractivity contribution is 0.0316. The van der Waals surface area contributed by atoms with Gasteiger partial charge < -0.3 is 4.74 Å².